The van der Waals surface area contributed by atoms with Gasteiger partial charge in [-0.2, -0.15) is 0 Å². The lowest BCUT2D eigenvalue weighted by Gasteiger charge is -2.14. The summed E-state index contributed by atoms with van der Waals surface area (Å²) in [6, 6.07) is 0.0944. The van der Waals surface area contributed by atoms with Gasteiger partial charge in [0.05, 0.1) is 18.8 Å². The number of aliphatic hydroxyl groups is 1. The molecule has 1 aromatic heterocycles. The number of nitrogens with one attached hydrogen (secondary N) is 1. The van der Waals surface area contributed by atoms with E-state index in [1.807, 2.05) is 18.5 Å². The molecule has 0 saturated heterocycles. The van der Waals surface area contributed by atoms with Gasteiger partial charge < -0.3 is 15.0 Å². The molecule has 1 rings (SSSR count). The second-order valence-electron chi connectivity index (χ2n) is 2.90. The number of aliphatic hydroxyl groups excluding tert-OH is 1. The van der Waals surface area contributed by atoms with Crippen LogP contribution in [-0.4, -0.2) is 27.3 Å². The Hall–Kier alpha value is -0.300. The van der Waals surface area contributed by atoms with Crippen LogP contribution < -0.4 is 5.32 Å². The summed E-state index contributed by atoms with van der Waals surface area (Å²) in [4.78, 5) is 4.18. The molecule has 0 fully saturated rings. The Bertz CT molecular complexity index is 270. The number of hydrogen-bond donors (Lipinski definition) is 2. The second-order valence-corrected chi connectivity index (χ2v) is 4.00. The van der Waals surface area contributed by atoms with E-state index < -0.39 is 0 Å². The van der Waals surface area contributed by atoms with Gasteiger partial charge >= 0.3 is 0 Å². The number of nitrogens with zero attached hydrogens (tertiary/aromatic N) is 2. The minimum absolute atomic E-state index is 0.0944. The third-order valence-corrected chi connectivity index (χ3v) is 2.98. The second kappa shape index (κ2) is 4.80. The summed E-state index contributed by atoms with van der Waals surface area (Å²) in [5.41, 5.74) is 0. The first-order valence-electron chi connectivity index (χ1n) is 4.23. The molecular formula is C8H14IN3O. The van der Waals surface area contributed by atoms with Gasteiger partial charge in [-0.05, 0) is 29.0 Å². The van der Waals surface area contributed by atoms with Gasteiger partial charge in [0.1, 0.15) is 3.70 Å². The van der Waals surface area contributed by atoms with Gasteiger partial charge in [0.15, 0.2) is 0 Å². The fraction of sp³-hybridized carbons (Fsp3) is 0.625. The molecule has 0 radical (unpaired) electrons. The van der Waals surface area contributed by atoms with E-state index in [9.17, 15) is 0 Å². The maximum atomic E-state index is 8.98. The number of hydrogen-bond acceptors (Lipinski definition) is 3. The average Bonchev–Trinajstić information content (AvgIpc) is 2.45. The molecule has 1 atom stereocenters. The van der Waals surface area contributed by atoms with E-state index >= 15 is 0 Å². The van der Waals surface area contributed by atoms with Crippen molar-refractivity contribution in [1.29, 1.82) is 0 Å². The van der Waals surface area contributed by atoms with E-state index in [0.717, 1.165) is 16.1 Å². The van der Waals surface area contributed by atoms with Crippen molar-refractivity contribution >= 4 is 28.5 Å². The van der Waals surface area contributed by atoms with Crippen molar-refractivity contribution < 1.29 is 5.11 Å². The Kier molecular flexibility index (Phi) is 3.98. The van der Waals surface area contributed by atoms with Crippen LogP contribution in [0.25, 0.3) is 0 Å². The Morgan fingerprint density at radius 2 is 2.46 bits per heavy atom. The van der Waals surface area contributed by atoms with Crippen molar-refractivity contribution in [3.63, 3.8) is 0 Å². The van der Waals surface area contributed by atoms with Crippen LogP contribution in [0, 0.1) is 3.70 Å². The van der Waals surface area contributed by atoms with E-state index in [2.05, 4.69) is 32.9 Å². The number of rotatable bonds is 4. The first-order valence-corrected chi connectivity index (χ1v) is 5.31. The van der Waals surface area contributed by atoms with Gasteiger partial charge in [0, 0.05) is 7.05 Å². The topological polar surface area (TPSA) is 50.1 Å². The molecule has 0 unspecified atom stereocenters. The molecule has 74 valence electrons. The smallest absolute Gasteiger partial charge is 0.203 e. The summed E-state index contributed by atoms with van der Waals surface area (Å²) < 4.78 is 3.03. The van der Waals surface area contributed by atoms with Crippen LogP contribution >= 0.6 is 22.6 Å². The predicted octanol–water partition coefficient (Wildman–Crippen LogP) is 1.21. The lowest BCUT2D eigenvalue weighted by molar-refractivity contribution is 0.271. The van der Waals surface area contributed by atoms with E-state index in [1.165, 1.54) is 0 Å². The molecule has 13 heavy (non-hydrogen) atoms. The molecule has 4 nitrogen and oxygen atoms in total. The van der Waals surface area contributed by atoms with Crippen LogP contribution in [0.15, 0.2) is 6.20 Å². The van der Waals surface area contributed by atoms with Crippen molar-refractivity contribution in [1.82, 2.24) is 9.55 Å². The van der Waals surface area contributed by atoms with Crippen LogP contribution in [0.4, 0.5) is 5.95 Å². The van der Waals surface area contributed by atoms with E-state index in [-0.39, 0.29) is 12.6 Å². The Morgan fingerprint density at radius 1 is 1.77 bits per heavy atom. The summed E-state index contributed by atoms with van der Waals surface area (Å²) in [5, 5.41) is 12.1. The average molecular weight is 295 g/mol. The molecule has 2 N–H and O–H groups in total. The Balaban J connectivity index is 2.67. The highest BCUT2D eigenvalue weighted by atomic mass is 127. The molecule has 1 aromatic rings. The number of anilines is 1. The van der Waals surface area contributed by atoms with Gasteiger partial charge in [0.25, 0.3) is 0 Å². The predicted molar refractivity (Wildman–Crippen MR) is 60.7 cm³/mol. The van der Waals surface area contributed by atoms with Crippen LogP contribution in [0.1, 0.15) is 13.3 Å². The highest BCUT2D eigenvalue weighted by Crippen LogP contribution is 2.11. The first-order chi connectivity index (χ1) is 6.19. The fourth-order valence-electron chi connectivity index (χ4n) is 0.982. The maximum absolute atomic E-state index is 8.98. The van der Waals surface area contributed by atoms with E-state index in [4.69, 9.17) is 5.11 Å². The molecular weight excluding hydrogens is 281 g/mol. The third-order valence-electron chi connectivity index (χ3n) is 1.98. The Morgan fingerprint density at radius 3 is 2.85 bits per heavy atom. The van der Waals surface area contributed by atoms with Crippen molar-refractivity contribution in [3.8, 4) is 0 Å². The molecule has 5 heteroatoms. The monoisotopic (exact) mass is 295 g/mol. The summed E-state index contributed by atoms with van der Waals surface area (Å²) in [5.74, 6) is 0.810. The molecule has 0 aliphatic heterocycles. The van der Waals surface area contributed by atoms with Crippen LogP contribution in [0.5, 0.6) is 0 Å². The van der Waals surface area contributed by atoms with Crippen molar-refractivity contribution in [2.24, 2.45) is 7.05 Å². The molecule has 0 spiro atoms. The summed E-state index contributed by atoms with van der Waals surface area (Å²) in [7, 11) is 1.95. The van der Waals surface area contributed by atoms with Gasteiger partial charge in [-0.15, -0.1) is 0 Å². The molecule has 0 bridgehead atoms. The highest BCUT2D eigenvalue weighted by molar-refractivity contribution is 14.1. The molecule has 0 aromatic carbocycles. The van der Waals surface area contributed by atoms with E-state index in [0.29, 0.717) is 0 Å². The first kappa shape index (κ1) is 10.8. The van der Waals surface area contributed by atoms with Gasteiger partial charge in [-0.1, -0.05) is 6.92 Å². The van der Waals surface area contributed by atoms with Crippen LogP contribution in [0.3, 0.4) is 0 Å². The zero-order valence-electron chi connectivity index (χ0n) is 7.79. The van der Waals surface area contributed by atoms with Gasteiger partial charge in [-0.25, -0.2) is 4.98 Å². The SMILES string of the molecule is CC[C@H](CO)Nc1ncc(I)n1C. The standard InChI is InChI=1S/C8H14IN3O/c1-3-6(5-13)11-8-10-4-7(9)12(8)2/h4,6,13H,3,5H2,1-2H3,(H,10,11)/t6-/m1/s1. The molecule has 1 heterocycles. The third kappa shape index (κ3) is 2.57. The molecule has 0 amide bonds. The molecule has 0 saturated carbocycles. The lowest BCUT2D eigenvalue weighted by Crippen LogP contribution is -2.24. The largest absolute Gasteiger partial charge is 0.394 e. The zero-order valence-corrected chi connectivity index (χ0v) is 9.95. The Labute approximate surface area is 91.5 Å². The quantitative estimate of drug-likeness (QED) is 0.821. The summed E-state index contributed by atoms with van der Waals surface area (Å²) in [6.07, 6.45) is 2.69. The van der Waals surface area contributed by atoms with Crippen LogP contribution in [0.2, 0.25) is 0 Å². The highest BCUT2D eigenvalue weighted by Gasteiger charge is 2.08. The van der Waals surface area contributed by atoms with Crippen molar-refractivity contribution in [2.75, 3.05) is 11.9 Å². The minimum Gasteiger partial charge on any atom is -0.394 e. The number of imidazole rings is 1. The molecule has 0 aliphatic carbocycles. The lowest BCUT2D eigenvalue weighted by atomic mass is 10.2. The van der Waals surface area contributed by atoms with E-state index in [1.54, 1.807) is 6.20 Å². The van der Waals surface area contributed by atoms with Gasteiger partial charge in [0.2, 0.25) is 5.95 Å². The minimum atomic E-state index is 0.0944. The number of halogens is 1. The van der Waals surface area contributed by atoms with Crippen molar-refractivity contribution in [3.05, 3.63) is 9.90 Å². The maximum Gasteiger partial charge on any atom is 0.203 e. The zero-order chi connectivity index (χ0) is 9.84. The fourth-order valence-corrected chi connectivity index (χ4v) is 1.35. The number of aromatic nitrogens is 2. The molecule has 0 aliphatic rings. The van der Waals surface area contributed by atoms with Gasteiger partial charge in [-0.3, -0.25) is 0 Å². The van der Waals surface area contributed by atoms with Crippen molar-refractivity contribution in [2.45, 2.75) is 19.4 Å². The van der Waals surface area contributed by atoms with Crippen LogP contribution in [-0.2, 0) is 7.05 Å². The normalized spacial score (nSPS) is 12.9. The summed E-state index contributed by atoms with van der Waals surface area (Å²) in [6.45, 7) is 2.17. The summed E-state index contributed by atoms with van der Waals surface area (Å²) >= 11 is 2.21.